The lowest BCUT2D eigenvalue weighted by Gasteiger charge is -2.31. The minimum absolute atomic E-state index is 0.0256. The van der Waals surface area contributed by atoms with Gasteiger partial charge in [0.25, 0.3) is 0 Å². The average Bonchev–Trinajstić information content (AvgIpc) is 2.40. The number of amides is 1. The van der Waals surface area contributed by atoms with Gasteiger partial charge in [0.15, 0.2) is 6.10 Å². The first-order chi connectivity index (χ1) is 8.66. The molecular weight excluding hydrogens is 234 g/mol. The third kappa shape index (κ3) is 3.32. The SMILES string of the molecule is O=C(O)[C@@H]1CN(C(=O)CC2=CCCCC2)CCO1. The molecule has 0 aromatic carbocycles. The summed E-state index contributed by atoms with van der Waals surface area (Å²) in [6.07, 6.45) is 6.13. The molecule has 1 fully saturated rings. The fraction of sp³-hybridized carbons (Fsp3) is 0.692. The molecule has 1 aliphatic carbocycles. The van der Waals surface area contributed by atoms with Gasteiger partial charge in [0.05, 0.1) is 13.2 Å². The summed E-state index contributed by atoms with van der Waals surface area (Å²) >= 11 is 0. The average molecular weight is 253 g/mol. The van der Waals surface area contributed by atoms with Crippen molar-refractivity contribution in [3.63, 3.8) is 0 Å². The fourth-order valence-electron chi connectivity index (χ4n) is 2.40. The van der Waals surface area contributed by atoms with E-state index in [-0.39, 0.29) is 12.5 Å². The van der Waals surface area contributed by atoms with E-state index in [2.05, 4.69) is 6.08 Å². The van der Waals surface area contributed by atoms with Crippen LogP contribution in [0.15, 0.2) is 11.6 Å². The van der Waals surface area contributed by atoms with Crippen LogP contribution in [0.5, 0.6) is 0 Å². The van der Waals surface area contributed by atoms with E-state index >= 15 is 0 Å². The van der Waals surface area contributed by atoms with Crippen LogP contribution in [-0.2, 0) is 14.3 Å². The number of aliphatic carboxylic acids is 1. The molecule has 18 heavy (non-hydrogen) atoms. The second-order valence-corrected chi connectivity index (χ2v) is 4.82. The Morgan fingerprint density at radius 2 is 2.28 bits per heavy atom. The smallest absolute Gasteiger partial charge is 0.334 e. The highest BCUT2D eigenvalue weighted by atomic mass is 16.5. The summed E-state index contributed by atoms with van der Waals surface area (Å²) in [5, 5.41) is 8.88. The molecule has 0 spiro atoms. The van der Waals surface area contributed by atoms with Crippen LogP contribution >= 0.6 is 0 Å². The van der Waals surface area contributed by atoms with Crippen molar-refractivity contribution < 1.29 is 19.4 Å². The van der Waals surface area contributed by atoms with Crippen LogP contribution in [0.1, 0.15) is 32.1 Å². The lowest BCUT2D eigenvalue weighted by molar-refractivity contribution is -0.159. The van der Waals surface area contributed by atoms with E-state index in [0.717, 1.165) is 19.3 Å². The molecule has 2 rings (SSSR count). The quantitative estimate of drug-likeness (QED) is 0.767. The lowest BCUT2D eigenvalue weighted by atomic mass is 9.97. The molecule has 0 saturated carbocycles. The fourth-order valence-corrected chi connectivity index (χ4v) is 2.40. The van der Waals surface area contributed by atoms with Crippen LogP contribution < -0.4 is 0 Å². The standard InChI is InChI=1S/C13H19NO4/c15-12(8-10-4-2-1-3-5-10)14-6-7-18-11(9-14)13(16)17/h4,11H,1-3,5-9H2,(H,16,17)/t11-/m0/s1. The number of carbonyl (C=O) groups is 2. The van der Waals surface area contributed by atoms with Gasteiger partial charge in [-0.05, 0) is 25.7 Å². The first-order valence-corrected chi connectivity index (χ1v) is 6.47. The van der Waals surface area contributed by atoms with Crippen molar-refractivity contribution in [2.75, 3.05) is 19.7 Å². The van der Waals surface area contributed by atoms with Gasteiger partial charge in [-0.1, -0.05) is 11.6 Å². The Bertz CT molecular complexity index is 364. The zero-order chi connectivity index (χ0) is 13.0. The van der Waals surface area contributed by atoms with Gasteiger partial charge in [-0.2, -0.15) is 0 Å². The van der Waals surface area contributed by atoms with E-state index < -0.39 is 12.1 Å². The van der Waals surface area contributed by atoms with Crippen molar-refractivity contribution in [1.29, 1.82) is 0 Å². The van der Waals surface area contributed by atoms with Crippen molar-refractivity contribution in [3.8, 4) is 0 Å². The highest BCUT2D eigenvalue weighted by Crippen LogP contribution is 2.21. The third-order valence-electron chi connectivity index (χ3n) is 3.46. The number of carboxylic acid groups (broad SMARTS) is 1. The highest BCUT2D eigenvalue weighted by molar-refractivity contribution is 5.80. The Morgan fingerprint density at radius 3 is 2.94 bits per heavy atom. The largest absolute Gasteiger partial charge is 0.479 e. The third-order valence-corrected chi connectivity index (χ3v) is 3.46. The summed E-state index contributed by atoms with van der Waals surface area (Å²) in [7, 11) is 0. The van der Waals surface area contributed by atoms with Gasteiger partial charge < -0.3 is 14.7 Å². The molecule has 1 N–H and O–H groups in total. The van der Waals surface area contributed by atoms with Crippen LogP contribution in [0, 0.1) is 0 Å². The van der Waals surface area contributed by atoms with Gasteiger partial charge >= 0.3 is 5.97 Å². The second-order valence-electron chi connectivity index (χ2n) is 4.82. The number of nitrogens with zero attached hydrogens (tertiary/aromatic N) is 1. The van der Waals surface area contributed by atoms with Gasteiger partial charge in [-0.15, -0.1) is 0 Å². The molecule has 5 heteroatoms. The maximum absolute atomic E-state index is 12.1. The molecular formula is C13H19NO4. The Hall–Kier alpha value is -1.36. The summed E-state index contributed by atoms with van der Waals surface area (Å²) in [5.74, 6) is -0.970. The van der Waals surface area contributed by atoms with E-state index in [9.17, 15) is 9.59 Å². The molecule has 1 saturated heterocycles. The van der Waals surface area contributed by atoms with E-state index in [1.165, 1.54) is 12.0 Å². The normalized spacial score (nSPS) is 24.6. The van der Waals surface area contributed by atoms with E-state index in [0.29, 0.717) is 19.6 Å². The molecule has 100 valence electrons. The molecule has 0 bridgehead atoms. The van der Waals surface area contributed by atoms with E-state index in [1.807, 2.05) is 0 Å². The van der Waals surface area contributed by atoms with Crippen LogP contribution in [0.25, 0.3) is 0 Å². The number of carbonyl (C=O) groups excluding carboxylic acids is 1. The van der Waals surface area contributed by atoms with Crippen molar-refractivity contribution in [3.05, 3.63) is 11.6 Å². The maximum Gasteiger partial charge on any atom is 0.334 e. The Balaban J connectivity index is 1.88. The molecule has 0 aromatic heterocycles. The first kappa shape index (κ1) is 13.1. The molecule has 0 radical (unpaired) electrons. The Morgan fingerprint density at radius 1 is 1.44 bits per heavy atom. The molecule has 0 aromatic rings. The summed E-state index contributed by atoms with van der Waals surface area (Å²) < 4.78 is 5.10. The number of ether oxygens (including phenoxy) is 1. The zero-order valence-electron chi connectivity index (χ0n) is 10.4. The number of rotatable bonds is 3. The minimum Gasteiger partial charge on any atom is -0.479 e. The van der Waals surface area contributed by atoms with Crippen molar-refractivity contribution in [1.82, 2.24) is 4.90 Å². The van der Waals surface area contributed by atoms with Crippen LogP contribution in [0.4, 0.5) is 0 Å². The molecule has 1 amide bonds. The summed E-state index contributed by atoms with van der Waals surface area (Å²) in [5.41, 5.74) is 1.20. The molecule has 5 nitrogen and oxygen atoms in total. The molecule has 0 unspecified atom stereocenters. The molecule has 1 aliphatic heterocycles. The number of hydrogen-bond donors (Lipinski definition) is 1. The maximum atomic E-state index is 12.1. The molecule has 1 heterocycles. The van der Waals surface area contributed by atoms with Crippen molar-refractivity contribution in [2.24, 2.45) is 0 Å². The van der Waals surface area contributed by atoms with Gasteiger partial charge in [0.2, 0.25) is 5.91 Å². The first-order valence-electron chi connectivity index (χ1n) is 6.47. The molecule has 1 atom stereocenters. The predicted octanol–water partition coefficient (Wildman–Crippen LogP) is 1.19. The Labute approximate surface area is 106 Å². The monoisotopic (exact) mass is 253 g/mol. The van der Waals surface area contributed by atoms with Gasteiger partial charge in [-0.25, -0.2) is 4.79 Å². The van der Waals surface area contributed by atoms with Gasteiger partial charge in [-0.3, -0.25) is 4.79 Å². The number of carboxylic acids is 1. The van der Waals surface area contributed by atoms with Crippen LogP contribution in [0.3, 0.4) is 0 Å². The topological polar surface area (TPSA) is 66.8 Å². The zero-order valence-corrected chi connectivity index (χ0v) is 10.4. The van der Waals surface area contributed by atoms with Crippen molar-refractivity contribution >= 4 is 11.9 Å². The summed E-state index contributed by atoms with van der Waals surface area (Å²) in [4.78, 5) is 24.5. The minimum atomic E-state index is -0.996. The second kappa shape index (κ2) is 6.00. The lowest BCUT2D eigenvalue weighted by Crippen LogP contribution is -2.48. The summed E-state index contributed by atoms with van der Waals surface area (Å²) in [6.45, 7) is 0.971. The van der Waals surface area contributed by atoms with Gasteiger partial charge in [0, 0.05) is 13.0 Å². The van der Waals surface area contributed by atoms with Crippen LogP contribution in [0.2, 0.25) is 0 Å². The van der Waals surface area contributed by atoms with E-state index in [4.69, 9.17) is 9.84 Å². The number of allylic oxidation sites excluding steroid dienone is 1. The number of morpholine rings is 1. The summed E-state index contributed by atoms with van der Waals surface area (Å²) in [6, 6.07) is 0. The van der Waals surface area contributed by atoms with E-state index in [1.54, 1.807) is 4.90 Å². The Kier molecular flexibility index (Phi) is 4.36. The molecule has 2 aliphatic rings. The van der Waals surface area contributed by atoms with Crippen LogP contribution in [-0.4, -0.2) is 47.7 Å². The highest BCUT2D eigenvalue weighted by Gasteiger charge is 2.29. The number of hydrogen-bond acceptors (Lipinski definition) is 3. The van der Waals surface area contributed by atoms with Gasteiger partial charge in [0.1, 0.15) is 0 Å². The van der Waals surface area contributed by atoms with Crippen molar-refractivity contribution in [2.45, 2.75) is 38.2 Å². The predicted molar refractivity (Wildman–Crippen MR) is 65.1 cm³/mol.